The van der Waals surface area contributed by atoms with Gasteiger partial charge in [-0.05, 0) is 12.1 Å². The van der Waals surface area contributed by atoms with Crippen LogP contribution in [-0.2, 0) is 4.74 Å². The fraction of sp³-hybridized carbons (Fsp3) is 0.368. The van der Waals surface area contributed by atoms with Gasteiger partial charge in [-0.2, -0.15) is 9.78 Å². The third kappa shape index (κ3) is 4.04. The Balaban J connectivity index is 1.88. The van der Waals surface area contributed by atoms with Crippen molar-refractivity contribution in [2.45, 2.75) is 0 Å². The van der Waals surface area contributed by atoms with Crippen LogP contribution in [0, 0.1) is 0 Å². The Hall–Kier alpha value is -3.07. The minimum atomic E-state index is -0.573. The van der Waals surface area contributed by atoms with E-state index in [1.54, 1.807) is 43.3 Å². The fourth-order valence-electron chi connectivity index (χ4n) is 3.18. The molecule has 3 rings (SSSR count). The van der Waals surface area contributed by atoms with Crippen LogP contribution in [-0.4, -0.2) is 79.0 Å². The van der Waals surface area contributed by atoms with E-state index in [9.17, 15) is 14.4 Å². The maximum absolute atomic E-state index is 12.9. The summed E-state index contributed by atoms with van der Waals surface area (Å²) in [4.78, 5) is 42.2. The molecule has 1 saturated heterocycles. The number of aromatic nitrogens is 2. The smallest absolute Gasteiger partial charge is 0.340 e. The Kier molecular flexibility index (Phi) is 6.07. The van der Waals surface area contributed by atoms with Crippen molar-refractivity contribution >= 4 is 29.3 Å². The first-order valence-corrected chi connectivity index (χ1v) is 9.39. The van der Waals surface area contributed by atoms with Crippen molar-refractivity contribution in [2.24, 2.45) is 0 Å². The minimum Gasteiger partial charge on any atom is -0.465 e. The molecule has 154 valence electrons. The van der Waals surface area contributed by atoms with Crippen LogP contribution in [0.25, 0.3) is 5.69 Å². The molecular weight excluding hydrogens is 398 g/mol. The number of nitrogens with zero attached hydrogens (tertiary/aromatic N) is 5. The zero-order valence-electron chi connectivity index (χ0n) is 16.5. The first-order valence-electron chi connectivity index (χ1n) is 9.02. The number of hydrogen-bond acceptors (Lipinski definition) is 6. The average molecular weight is 420 g/mol. The summed E-state index contributed by atoms with van der Waals surface area (Å²) in [6.45, 7) is 2.09. The molecular formula is C19H22ClN5O4. The maximum atomic E-state index is 12.9. The van der Waals surface area contributed by atoms with Crippen LogP contribution in [0.1, 0.15) is 10.4 Å². The lowest BCUT2D eigenvalue weighted by Gasteiger charge is -2.37. The molecule has 29 heavy (non-hydrogen) atoms. The van der Waals surface area contributed by atoms with Crippen LogP contribution in [0.5, 0.6) is 0 Å². The summed E-state index contributed by atoms with van der Waals surface area (Å²) in [5, 5.41) is 4.23. The summed E-state index contributed by atoms with van der Waals surface area (Å²) in [6.07, 6.45) is 1.50. The predicted molar refractivity (Wildman–Crippen MR) is 109 cm³/mol. The lowest BCUT2D eigenvalue weighted by molar-refractivity contribution is 0.0600. The number of piperazine rings is 1. The van der Waals surface area contributed by atoms with Crippen LogP contribution < -0.4 is 10.5 Å². The number of ether oxygens (including phenoxy) is 1. The van der Waals surface area contributed by atoms with Gasteiger partial charge in [0.2, 0.25) is 0 Å². The second-order valence-corrected chi connectivity index (χ2v) is 7.10. The van der Waals surface area contributed by atoms with Crippen molar-refractivity contribution in [3.8, 4) is 5.69 Å². The molecule has 2 amide bonds. The fourth-order valence-corrected chi connectivity index (χ4v) is 3.43. The predicted octanol–water partition coefficient (Wildman–Crippen LogP) is 1.48. The summed E-state index contributed by atoms with van der Waals surface area (Å²) < 4.78 is 5.86. The van der Waals surface area contributed by atoms with Gasteiger partial charge in [0.15, 0.2) is 0 Å². The molecule has 0 spiro atoms. The Labute approximate surface area is 173 Å². The third-order valence-electron chi connectivity index (χ3n) is 4.71. The van der Waals surface area contributed by atoms with Crippen molar-refractivity contribution in [3.63, 3.8) is 0 Å². The lowest BCUT2D eigenvalue weighted by atomic mass is 10.2. The van der Waals surface area contributed by atoms with Gasteiger partial charge in [-0.1, -0.05) is 23.7 Å². The van der Waals surface area contributed by atoms with E-state index >= 15 is 0 Å². The number of para-hydroxylation sites is 1. The zero-order chi connectivity index (χ0) is 21.1. The molecule has 1 fully saturated rings. The molecule has 0 unspecified atom stereocenters. The number of rotatable bonds is 3. The Morgan fingerprint density at radius 1 is 1.10 bits per heavy atom. The molecule has 1 aliphatic heterocycles. The third-order valence-corrected chi connectivity index (χ3v) is 5.07. The Morgan fingerprint density at radius 3 is 2.38 bits per heavy atom. The van der Waals surface area contributed by atoms with Crippen LogP contribution in [0.4, 0.5) is 10.5 Å². The highest BCUT2D eigenvalue weighted by molar-refractivity contribution is 6.33. The maximum Gasteiger partial charge on any atom is 0.340 e. The molecule has 1 aliphatic rings. The van der Waals surface area contributed by atoms with E-state index < -0.39 is 11.5 Å². The van der Waals surface area contributed by atoms with Gasteiger partial charge in [0.25, 0.3) is 5.56 Å². The second kappa shape index (κ2) is 8.52. The number of amides is 2. The molecule has 2 heterocycles. The summed E-state index contributed by atoms with van der Waals surface area (Å²) in [7, 11) is 4.69. The number of esters is 1. The molecule has 10 heteroatoms. The van der Waals surface area contributed by atoms with Crippen molar-refractivity contribution in [1.29, 1.82) is 0 Å². The first kappa shape index (κ1) is 20.7. The molecule has 0 atom stereocenters. The van der Waals surface area contributed by atoms with Gasteiger partial charge in [-0.15, -0.1) is 0 Å². The van der Waals surface area contributed by atoms with Crippen LogP contribution in [0.15, 0.2) is 35.3 Å². The zero-order valence-corrected chi connectivity index (χ0v) is 17.2. The summed E-state index contributed by atoms with van der Waals surface area (Å²) in [5.74, 6) is -0.573. The van der Waals surface area contributed by atoms with E-state index in [1.807, 2.05) is 4.90 Å². The number of anilines is 1. The number of halogens is 1. The topological polar surface area (TPSA) is 88.0 Å². The minimum absolute atomic E-state index is 0.00653. The number of methoxy groups -OCH3 is 1. The van der Waals surface area contributed by atoms with Gasteiger partial charge in [0, 0.05) is 40.3 Å². The average Bonchev–Trinajstić information content (AvgIpc) is 2.74. The van der Waals surface area contributed by atoms with Gasteiger partial charge in [-0.25, -0.2) is 9.59 Å². The van der Waals surface area contributed by atoms with E-state index in [0.29, 0.717) is 37.6 Å². The monoisotopic (exact) mass is 419 g/mol. The van der Waals surface area contributed by atoms with Crippen LogP contribution in [0.3, 0.4) is 0 Å². The van der Waals surface area contributed by atoms with Gasteiger partial charge >= 0.3 is 12.0 Å². The number of hydrogen-bond donors (Lipinski definition) is 0. The number of carbonyl (C=O) groups is 2. The van der Waals surface area contributed by atoms with E-state index in [2.05, 4.69) is 5.10 Å². The largest absolute Gasteiger partial charge is 0.465 e. The lowest BCUT2D eigenvalue weighted by Crippen LogP contribution is -2.51. The van der Waals surface area contributed by atoms with E-state index in [1.165, 1.54) is 18.2 Å². The Morgan fingerprint density at radius 2 is 1.76 bits per heavy atom. The molecule has 1 aromatic heterocycles. The van der Waals surface area contributed by atoms with Gasteiger partial charge in [0.05, 0.1) is 30.2 Å². The number of carbonyl (C=O) groups excluding carboxylic acids is 2. The van der Waals surface area contributed by atoms with Crippen molar-refractivity contribution < 1.29 is 14.3 Å². The standard InChI is InChI=1S/C19H22ClN5O4/c1-22(2)19(28)24-10-8-23(9-11-24)15-12-21-25(17(26)16(15)20)14-7-5-4-6-13(14)18(27)29-3/h4-7,12H,8-11H2,1-3H3. The van der Waals surface area contributed by atoms with Gasteiger partial charge < -0.3 is 19.4 Å². The Bertz CT molecular complexity index is 983. The van der Waals surface area contributed by atoms with E-state index in [0.717, 1.165) is 4.68 Å². The number of urea groups is 1. The van der Waals surface area contributed by atoms with Crippen molar-refractivity contribution in [2.75, 3.05) is 52.3 Å². The highest BCUT2D eigenvalue weighted by Crippen LogP contribution is 2.24. The van der Waals surface area contributed by atoms with Gasteiger partial charge in [0.1, 0.15) is 5.02 Å². The molecule has 0 saturated carbocycles. The van der Waals surface area contributed by atoms with Crippen molar-refractivity contribution in [3.05, 3.63) is 51.4 Å². The molecule has 0 N–H and O–H groups in total. The summed E-state index contributed by atoms with van der Waals surface area (Å²) in [6, 6.07) is 6.47. The molecule has 0 aliphatic carbocycles. The second-order valence-electron chi connectivity index (χ2n) is 6.72. The first-order chi connectivity index (χ1) is 13.8. The molecule has 2 aromatic rings. The van der Waals surface area contributed by atoms with Gasteiger partial charge in [-0.3, -0.25) is 4.79 Å². The normalized spacial score (nSPS) is 13.9. The van der Waals surface area contributed by atoms with E-state index in [-0.39, 0.29) is 16.6 Å². The summed E-state index contributed by atoms with van der Waals surface area (Å²) in [5.41, 5.74) is 0.469. The number of benzene rings is 1. The quantitative estimate of drug-likeness (QED) is 0.700. The van der Waals surface area contributed by atoms with Crippen molar-refractivity contribution in [1.82, 2.24) is 19.6 Å². The van der Waals surface area contributed by atoms with Crippen LogP contribution >= 0.6 is 11.6 Å². The molecule has 0 bridgehead atoms. The highest BCUT2D eigenvalue weighted by Gasteiger charge is 2.25. The van der Waals surface area contributed by atoms with E-state index in [4.69, 9.17) is 16.3 Å². The molecule has 9 nitrogen and oxygen atoms in total. The summed E-state index contributed by atoms with van der Waals surface area (Å²) >= 11 is 6.38. The molecule has 1 aromatic carbocycles. The SMILES string of the molecule is COC(=O)c1ccccc1-n1ncc(N2CCN(C(=O)N(C)C)CC2)c(Cl)c1=O. The molecule has 0 radical (unpaired) electrons. The van der Waals surface area contributed by atoms with Crippen LogP contribution in [0.2, 0.25) is 5.02 Å². The highest BCUT2D eigenvalue weighted by atomic mass is 35.5.